The first kappa shape index (κ1) is 12.1. The van der Waals surface area contributed by atoms with Crippen LogP contribution in [0.3, 0.4) is 0 Å². The molecule has 0 aliphatic carbocycles. The molecule has 17 heavy (non-hydrogen) atoms. The minimum atomic E-state index is 0.389. The molecule has 5 heteroatoms. The maximum Gasteiger partial charge on any atom is 0.164 e. The van der Waals surface area contributed by atoms with Crippen LogP contribution in [0.1, 0.15) is 18.3 Å². The van der Waals surface area contributed by atoms with Gasteiger partial charge in [-0.05, 0) is 31.5 Å². The molecule has 2 rings (SSSR count). The van der Waals surface area contributed by atoms with E-state index in [4.69, 9.17) is 17.3 Å². The Balaban J connectivity index is 2.59. The third-order valence-electron chi connectivity index (χ3n) is 2.77. The van der Waals surface area contributed by atoms with Crippen molar-refractivity contribution in [1.29, 1.82) is 0 Å². The largest absolute Gasteiger partial charge is 0.324 e. The molecule has 90 valence electrons. The summed E-state index contributed by atoms with van der Waals surface area (Å²) in [4.78, 5) is 0. The summed E-state index contributed by atoms with van der Waals surface area (Å²) in [5, 5.41) is 9.00. The Hall–Kier alpha value is -1.39. The van der Waals surface area contributed by atoms with Crippen molar-refractivity contribution in [2.24, 2.45) is 5.73 Å². The molecule has 0 unspecified atom stereocenters. The Morgan fingerprint density at radius 3 is 2.76 bits per heavy atom. The summed E-state index contributed by atoms with van der Waals surface area (Å²) < 4.78 is 2.01. The average Bonchev–Trinajstić information content (AvgIpc) is 2.74. The summed E-state index contributed by atoms with van der Waals surface area (Å²) >= 11 is 6.02. The lowest BCUT2D eigenvalue weighted by atomic mass is 10.1. The van der Waals surface area contributed by atoms with E-state index in [1.165, 1.54) is 0 Å². The van der Waals surface area contributed by atoms with Gasteiger partial charge < -0.3 is 10.3 Å². The average molecular weight is 251 g/mol. The van der Waals surface area contributed by atoms with E-state index < -0.39 is 0 Å². The van der Waals surface area contributed by atoms with Crippen LogP contribution in [0.4, 0.5) is 0 Å². The zero-order valence-electron chi connectivity index (χ0n) is 9.94. The Morgan fingerprint density at radius 2 is 2.12 bits per heavy atom. The van der Waals surface area contributed by atoms with Gasteiger partial charge in [-0.25, -0.2) is 0 Å². The molecule has 0 aliphatic heterocycles. The molecule has 0 aliphatic rings. The van der Waals surface area contributed by atoms with Gasteiger partial charge in [-0.3, -0.25) is 0 Å². The third-order valence-corrected chi connectivity index (χ3v) is 3.00. The van der Waals surface area contributed by atoms with Gasteiger partial charge in [0, 0.05) is 17.1 Å². The summed E-state index contributed by atoms with van der Waals surface area (Å²) in [6.07, 6.45) is 0. The molecule has 4 nitrogen and oxygen atoms in total. The normalized spacial score (nSPS) is 10.8. The quantitative estimate of drug-likeness (QED) is 0.910. The van der Waals surface area contributed by atoms with E-state index in [1.54, 1.807) is 0 Å². The summed E-state index contributed by atoms with van der Waals surface area (Å²) in [5.41, 5.74) is 7.77. The molecule has 1 aromatic heterocycles. The highest BCUT2D eigenvalue weighted by Gasteiger charge is 2.13. The van der Waals surface area contributed by atoms with E-state index in [-0.39, 0.29) is 0 Å². The molecule has 0 saturated heterocycles. The first-order valence-corrected chi connectivity index (χ1v) is 5.93. The second kappa shape index (κ2) is 4.85. The smallest absolute Gasteiger partial charge is 0.164 e. The number of benzene rings is 1. The van der Waals surface area contributed by atoms with Crippen LogP contribution in [0.25, 0.3) is 11.4 Å². The van der Waals surface area contributed by atoms with Crippen molar-refractivity contribution in [3.8, 4) is 11.4 Å². The van der Waals surface area contributed by atoms with Gasteiger partial charge in [0.25, 0.3) is 0 Å². The Labute approximate surface area is 105 Å². The van der Waals surface area contributed by atoms with Crippen LogP contribution in [0.15, 0.2) is 18.2 Å². The van der Waals surface area contributed by atoms with Crippen molar-refractivity contribution < 1.29 is 0 Å². The van der Waals surface area contributed by atoms with Gasteiger partial charge in [0.1, 0.15) is 5.82 Å². The number of hydrogen-bond acceptors (Lipinski definition) is 3. The predicted octanol–water partition coefficient (Wildman–Crippen LogP) is 2.39. The number of nitrogens with zero attached hydrogens (tertiary/aromatic N) is 3. The Morgan fingerprint density at radius 1 is 1.35 bits per heavy atom. The fraction of sp³-hybridized carbons (Fsp3) is 0.333. The predicted molar refractivity (Wildman–Crippen MR) is 68.8 cm³/mol. The molecular formula is C12H15ClN4. The zero-order valence-corrected chi connectivity index (χ0v) is 10.7. The highest BCUT2D eigenvalue weighted by molar-refractivity contribution is 6.30. The number of rotatable bonds is 3. The monoisotopic (exact) mass is 250 g/mol. The van der Waals surface area contributed by atoms with Gasteiger partial charge in [0.2, 0.25) is 0 Å². The first-order chi connectivity index (χ1) is 8.17. The van der Waals surface area contributed by atoms with E-state index in [9.17, 15) is 0 Å². The van der Waals surface area contributed by atoms with Crippen LogP contribution in [-0.2, 0) is 13.1 Å². The number of halogens is 1. The fourth-order valence-electron chi connectivity index (χ4n) is 1.85. The van der Waals surface area contributed by atoms with Gasteiger partial charge in [-0.15, -0.1) is 10.2 Å². The van der Waals surface area contributed by atoms with E-state index >= 15 is 0 Å². The lowest BCUT2D eigenvalue weighted by molar-refractivity contribution is 0.704. The Kier molecular flexibility index (Phi) is 3.45. The standard InChI is InChI=1S/C12H15ClN4/c1-3-17-11(7-14)15-16-12(17)10-6-9(13)5-4-8(10)2/h4-6H,3,7,14H2,1-2H3. The van der Waals surface area contributed by atoms with Gasteiger partial charge in [-0.2, -0.15) is 0 Å². The summed E-state index contributed by atoms with van der Waals surface area (Å²) in [5.74, 6) is 1.62. The van der Waals surface area contributed by atoms with Gasteiger partial charge in [-0.1, -0.05) is 17.7 Å². The van der Waals surface area contributed by atoms with Crippen molar-refractivity contribution >= 4 is 11.6 Å². The molecule has 2 N–H and O–H groups in total. The number of aromatic nitrogens is 3. The maximum atomic E-state index is 6.02. The topological polar surface area (TPSA) is 56.7 Å². The summed E-state index contributed by atoms with van der Waals surface area (Å²) in [6, 6.07) is 5.76. The Bertz CT molecular complexity index is 533. The molecule has 0 bridgehead atoms. The van der Waals surface area contributed by atoms with Crippen molar-refractivity contribution in [3.05, 3.63) is 34.6 Å². The minimum Gasteiger partial charge on any atom is -0.324 e. The molecule has 0 atom stereocenters. The van der Waals surface area contributed by atoms with Crippen molar-refractivity contribution in [2.75, 3.05) is 0 Å². The number of aryl methyl sites for hydroxylation is 1. The van der Waals surface area contributed by atoms with E-state index in [0.717, 1.165) is 29.3 Å². The number of nitrogens with two attached hydrogens (primary N) is 1. The van der Waals surface area contributed by atoms with Crippen molar-refractivity contribution in [2.45, 2.75) is 26.9 Å². The SMILES string of the molecule is CCn1c(CN)nnc1-c1cc(Cl)ccc1C. The highest BCUT2D eigenvalue weighted by atomic mass is 35.5. The fourth-order valence-corrected chi connectivity index (χ4v) is 2.03. The van der Waals surface area contributed by atoms with Crippen LogP contribution in [-0.4, -0.2) is 14.8 Å². The summed E-state index contributed by atoms with van der Waals surface area (Å²) in [7, 11) is 0. The lowest BCUT2D eigenvalue weighted by Gasteiger charge is -2.09. The van der Waals surface area contributed by atoms with E-state index in [0.29, 0.717) is 11.6 Å². The van der Waals surface area contributed by atoms with Crippen LogP contribution in [0.2, 0.25) is 5.02 Å². The first-order valence-electron chi connectivity index (χ1n) is 5.56. The molecule has 0 saturated carbocycles. The number of hydrogen-bond donors (Lipinski definition) is 1. The molecular weight excluding hydrogens is 236 g/mol. The van der Waals surface area contributed by atoms with Crippen LogP contribution < -0.4 is 5.73 Å². The van der Waals surface area contributed by atoms with Crippen LogP contribution >= 0.6 is 11.6 Å². The van der Waals surface area contributed by atoms with Crippen molar-refractivity contribution in [3.63, 3.8) is 0 Å². The minimum absolute atomic E-state index is 0.389. The van der Waals surface area contributed by atoms with Crippen molar-refractivity contribution in [1.82, 2.24) is 14.8 Å². The van der Waals surface area contributed by atoms with Gasteiger partial charge in [0.15, 0.2) is 5.82 Å². The van der Waals surface area contributed by atoms with Crippen LogP contribution in [0.5, 0.6) is 0 Å². The van der Waals surface area contributed by atoms with Gasteiger partial charge in [0.05, 0.1) is 6.54 Å². The zero-order chi connectivity index (χ0) is 12.4. The molecule has 0 fully saturated rings. The third kappa shape index (κ3) is 2.18. The molecule has 2 aromatic rings. The second-order valence-electron chi connectivity index (χ2n) is 3.85. The molecule has 1 aromatic carbocycles. The molecule has 0 radical (unpaired) electrons. The molecule has 0 spiro atoms. The van der Waals surface area contributed by atoms with E-state index in [2.05, 4.69) is 10.2 Å². The lowest BCUT2D eigenvalue weighted by Crippen LogP contribution is -2.08. The van der Waals surface area contributed by atoms with Crippen LogP contribution in [0, 0.1) is 6.92 Å². The van der Waals surface area contributed by atoms with E-state index in [1.807, 2.05) is 36.6 Å². The maximum absolute atomic E-state index is 6.02. The summed E-state index contributed by atoms with van der Waals surface area (Å²) in [6.45, 7) is 5.26. The molecule has 0 amide bonds. The highest BCUT2D eigenvalue weighted by Crippen LogP contribution is 2.25. The van der Waals surface area contributed by atoms with Gasteiger partial charge >= 0.3 is 0 Å². The second-order valence-corrected chi connectivity index (χ2v) is 4.28. The molecule has 1 heterocycles.